The lowest BCUT2D eigenvalue weighted by Crippen LogP contribution is -2.10. The second-order valence-corrected chi connectivity index (χ2v) is 6.57. The lowest BCUT2D eigenvalue weighted by Gasteiger charge is -2.04. The molecule has 0 aliphatic heterocycles. The molecule has 3 aromatic heterocycles. The molecular formula is C14H15N5OS2. The van der Waals surface area contributed by atoms with Gasteiger partial charge in [-0.25, -0.2) is 15.0 Å². The smallest absolute Gasteiger partial charge is 0.268 e. The van der Waals surface area contributed by atoms with Gasteiger partial charge in [0.15, 0.2) is 0 Å². The number of nitrogens with one attached hydrogen (secondary N) is 2. The number of thiophene rings is 1. The van der Waals surface area contributed by atoms with Crippen LogP contribution in [0.3, 0.4) is 0 Å². The Morgan fingerprint density at radius 2 is 2.18 bits per heavy atom. The van der Waals surface area contributed by atoms with E-state index in [1.807, 2.05) is 11.4 Å². The van der Waals surface area contributed by atoms with Crippen molar-refractivity contribution in [1.82, 2.24) is 19.9 Å². The number of hydrogen-bond acceptors (Lipinski definition) is 7. The first-order valence-electron chi connectivity index (χ1n) is 6.88. The quantitative estimate of drug-likeness (QED) is 0.646. The van der Waals surface area contributed by atoms with Gasteiger partial charge in [-0.3, -0.25) is 4.79 Å². The summed E-state index contributed by atoms with van der Waals surface area (Å²) in [5.41, 5.74) is 0.741. The first-order chi connectivity index (χ1) is 10.8. The first kappa shape index (κ1) is 15.0. The summed E-state index contributed by atoms with van der Waals surface area (Å²) in [4.78, 5) is 27.3. The normalized spacial score (nSPS) is 10.9. The minimum absolute atomic E-state index is 0.0431. The molecule has 0 spiro atoms. The lowest BCUT2D eigenvalue weighted by atomic mass is 10.4. The summed E-state index contributed by atoms with van der Waals surface area (Å²) in [5.74, 6) is 3.08. The van der Waals surface area contributed by atoms with E-state index in [9.17, 15) is 4.79 Å². The van der Waals surface area contributed by atoms with Gasteiger partial charge in [-0.05, 0) is 29.7 Å². The molecule has 2 N–H and O–H groups in total. The number of rotatable bonds is 7. The Labute approximate surface area is 135 Å². The number of aromatic amines is 1. The van der Waals surface area contributed by atoms with Gasteiger partial charge in [-0.1, -0.05) is 0 Å². The molecule has 0 aliphatic rings. The van der Waals surface area contributed by atoms with Crippen LogP contribution in [-0.4, -0.2) is 32.2 Å². The largest absolute Gasteiger partial charge is 0.354 e. The van der Waals surface area contributed by atoms with Crippen LogP contribution in [0.4, 0.5) is 5.95 Å². The molecule has 0 atom stereocenters. The third kappa shape index (κ3) is 3.83. The van der Waals surface area contributed by atoms with Crippen molar-refractivity contribution in [2.24, 2.45) is 0 Å². The van der Waals surface area contributed by atoms with Crippen LogP contribution in [0.1, 0.15) is 12.2 Å². The first-order valence-corrected chi connectivity index (χ1v) is 8.91. The van der Waals surface area contributed by atoms with Crippen molar-refractivity contribution in [1.29, 1.82) is 0 Å². The van der Waals surface area contributed by atoms with Gasteiger partial charge in [0.2, 0.25) is 5.95 Å². The average molecular weight is 333 g/mol. The maximum Gasteiger partial charge on any atom is 0.268 e. The fourth-order valence-electron chi connectivity index (χ4n) is 1.92. The van der Waals surface area contributed by atoms with Crippen LogP contribution in [0.25, 0.3) is 10.2 Å². The second kappa shape index (κ2) is 7.37. The molecule has 0 fully saturated rings. The maximum absolute atomic E-state index is 11.8. The van der Waals surface area contributed by atoms with Crippen molar-refractivity contribution in [2.45, 2.75) is 12.2 Å². The fourth-order valence-corrected chi connectivity index (χ4v) is 3.47. The summed E-state index contributed by atoms with van der Waals surface area (Å²) in [6, 6.07) is 3.67. The summed E-state index contributed by atoms with van der Waals surface area (Å²) >= 11 is 3.17. The number of anilines is 1. The summed E-state index contributed by atoms with van der Waals surface area (Å²) < 4.78 is 0.695. The molecule has 22 heavy (non-hydrogen) atoms. The molecule has 6 nitrogen and oxygen atoms in total. The van der Waals surface area contributed by atoms with Gasteiger partial charge < -0.3 is 10.3 Å². The molecule has 0 aromatic carbocycles. The van der Waals surface area contributed by atoms with E-state index in [0.29, 0.717) is 16.4 Å². The van der Waals surface area contributed by atoms with Gasteiger partial charge in [0.1, 0.15) is 10.5 Å². The van der Waals surface area contributed by atoms with Crippen LogP contribution >= 0.6 is 23.1 Å². The summed E-state index contributed by atoms with van der Waals surface area (Å²) in [7, 11) is 0. The van der Waals surface area contributed by atoms with Crippen molar-refractivity contribution in [2.75, 3.05) is 17.6 Å². The monoisotopic (exact) mass is 333 g/mol. The highest BCUT2D eigenvalue weighted by Crippen LogP contribution is 2.16. The topological polar surface area (TPSA) is 83.6 Å². The van der Waals surface area contributed by atoms with E-state index in [1.54, 1.807) is 30.2 Å². The van der Waals surface area contributed by atoms with Crippen molar-refractivity contribution in [3.63, 3.8) is 0 Å². The minimum Gasteiger partial charge on any atom is -0.354 e. The average Bonchev–Trinajstić information content (AvgIpc) is 3.01. The standard InChI is InChI=1S/C14H15N5OS2/c20-13-12-10(3-8-22-12)18-11(19-13)9-21-7-2-6-17-14-15-4-1-5-16-14/h1,3-5,8H,2,6-7,9H2,(H,15,16,17)(H,18,19,20). The summed E-state index contributed by atoms with van der Waals surface area (Å²) in [6.07, 6.45) is 4.42. The Bertz CT molecular complexity index is 787. The number of thioether (sulfide) groups is 1. The van der Waals surface area contributed by atoms with Crippen LogP contribution in [0.2, 0.25) is 0 Å². The highest BCUT2D eigenvalue weighted by atomic mass is 32.2. The molecule has 8 heteroatoms. The molecule has 3 heterocycles. The van der Waals surface area contributed by atoms with Crippen LogP contribution in [0.5, 0.6) is 0 Å². The zero-order chi connectivity index (χ0) is 15.2. The maximum atomic E-state index is 11.8. The molecule has 0 radical (unpaired) electrons. The highest BCUT2D eigenvalue weighted by molar-refractivity contribution is 7.98. The van der Waals surface area contributed by atoms with Crippen LogP contribution in [0, 0.1) is 0 Å². The second-order valence-electron chi connectivity index (χ2n) is 4.55. The van der Waals surface area contributed by atoms with E-state index in [-0.39, 0.29) is 5.56 Å². The zero-order valence-corrected chi connectivity index (χ0v) is 13.4. The molecule has 0 saturated carbocycles. The number of nitrogens with zero attached hydrogens (tertiary/aromatic N) is 3. The molecule has 0 bridgehead atoms. The molecular weight excluding hydrogens is 318 g/mol. The van der Waals surface area contributed by atoms with Crippen molar-refractivity contribution in [3.05, 3.63) is 46.1 Å². The number of hydrogen-bond donors (Lipinski definition) is 2. The summed E-state index contributed by atoms with van der Waals surface area (Å²) in [6.45, 7) is 0.824. The van der Waals surface area contributed by atoms with E-state index >= 15 is 0 Å². The zero-order valence-electron chi connectivity index (χ0n) is 11.8. The molecule has 0 amide bonds. The molecule has 0 aliphatic carbocycles. The van der Waals surface area contributed by atoms with Gasteiger partial charge in [0.05, 0.1) is 11.3 Å². The lowest BCUT2D eigenvalue weighted by molar-refractivity contribution is 0.958. The highest BCUT2D eigenvalue weighted by Gasteiger charge is 2.04. The Balaban J connectivity index is 1.42. The number of aromatic nitrogens is 4. The van der Waals surface area contributed by atoms with Crippen molar-refractivity contribution >= 4 is 39.3 Å². The Hall–Kier alpha value is -1.93. The van der Waals surface area contributed by atoms with E-state index in [4.69, 9.17) is 0 Å². The Morgan fingerprint density at radius 3 is 3.05 bits per heavy atom. The molecule has 0 saturated heterocycles. The van der Waals surface area contributed by atoms with Gasteiger partial charge in [0, 0.05) is 18.9 Å². The third-order valence-electron chi connectivity index (χ3n) is 2.92. The Kier molecular flexibility index (Phi) is 5.02. The van der Waals surface area contributed by atoms with Crippen molar-refractivity contribution in [3.8, 4) is 0 Å². The van der Waals surface area contributed by atoms with Gasteiger partial charge in [-0.2, -0.15) is 11.8 Å². The third-order valence-corrected chi connectivity index (χ3v) is 4.87. The number of fused-ring (bicyclic) bond motifs is 1. The summed E-state index contributed by atoms with van der Waals surface area (Å²) in [5, 5.41) is 5.06. The molecule has 114 valence electrons. The fraction of sp³-hybridized carbons (Fsp3) is 0.286. The van der Waals surface area contributed by atoms with Gasteiger partial charge >= 0.3 is 0 Å². The van der Waals surface area contributed by atoms with Gasteiger partial charge in [0.25, 0.3) is 5.56 Å². The number of H-pyrrole nitrogens is 1. The minimum atomic E-state index is -0.0431. The molecule has 3 rings (SSSR count). The van der Waals surface area contributed by atoms with Crippen molar-refractivity contribution < 1.29 is 0 Å². The van der Waals surface area contributed by atoms with E-state index < -0.39 is 0 Å². The SMILES string of the molecule is O=c1[nH]c(CSCCCNc2ncccn2)nc2ccsc12. The predicted octanol–water partition coefficient (Wildman–Crippen LogP) is 2.51. The van der Waals surface area contributed by atoms with Crippen LogP contribution < -0.4 is 10.9 Å². The van der Waals surface area contributed by atoms with Crippen LogP contribution in [0.15, 0.2) is 34.7 Å². The van der Waals surface area contributed by atoms with Crippen LogP contribution in [-0.2, 0) is 5.75 Å². The van der Waals surface area contributed by atoms with E-state index in [0.717, 1.165) is 30.1 Å². The Morgan fingerprint density at radius 1 is 1.32 bits per heavy atom. The van der Waals surface area contributed by atoms with Gasteiger partial charge in [-0.15, -0.1) is 11.3 Å². The predicted molar refractivity (Wildman–Crippen MR) is 91.5 cm³/mol. The molecule has 0 unspecified atom stereocenters. The molecule has 3 aromatic rings. The van der Waals surface area contributed by atoms with E-state index in [2.05, 4.69) is 25.3 Å². The van der Waals surface area contributed by atoms with E-state index in [1.165, 1.54) is 11.3 Å².